The van der Waals surface area contributed by atoms with Crippen molar-refractivity contribution in [2.45, 2.75) is 44.9 Å². The van der Waals surface area contributed by atoms with Crippen LogP contribution in [0, 0.1) is 11.7 Å². The van der Waals surface area contributed by atoms with Crippen molar-refractivity contribution in [3.8, 4) is 0 Å². The zero-order valence-electron chi connectivity index (χ0n) is 16.1. The zero-order chi connectivity index (χ0) is 20.0. The number of alkyl carbamates (subject to hydrolysis) is 1. The van der Waals surface area contributed by atoms with Gasteiger partial charge < -0.3 is 9.47 Å². The van der Waals surface area contributed by atoms with Crippen LogP contribution in [0.3, 0.4) is 0 Å². The lowest BCUT2D eigenvalue weighted by Crippen LogP contribution is -2.58. The Kier molecular flexibility index (Phi) is 4.71. The van der Waals surface area contributed by atoms with E-state index >= 15 is 0 Å². The van der Waals surface area contributed by atoms with E-state index in [1.807, 2.05) is 0 Å². The van der Waals surface area contributed by atoms with Gasteiger partial charge in [-0.3, -0.25) is 15.0 Å². The maximum absolute atomic E-state index is 14.6. The van der Waals surface area contributed by atoms with Gasteiger partial charge in [0, 0.05) is 12.6 Å². The first kappa shape index (κ1) is 19.3. The highest BCUT2D eigenvalue weighted by molar-refractivity contribution is 6.06. The molecule has 3 rings (SSSR count). The standard InChI is InChI=1S/C19H24FN3O4/c1-11-14-15(24)23(5)16(21-17(25)27-18(2,3)4)22-19(14,10-26-11)12-8-6-7-9-13(12)20/h6-9,11,14H,10H2,1-5H3,(H,21,22,25). The van der Waals surface area contributed by atoms with Crippen molar-refractivity contribution >= 4 is 18.0 Å². The maximum atomic E-state index is 14.6. The van der Waals surface area contributed by atoms with E-state index in [4.69, 9.17) is 9.47 Å². The van der Waals surface area contributed by atoms with Crippen molar-refractivity contribution in [1.82, 2.24) is 10.2 Å². The first-order valence-electron chi connectivity index (χ1n) is 8.79. The predicted octanol–water partition coefficient (Wildman–Crippen LogP) is 2.41. The fraction of sp³-hybridized carbons (Fsp3) is 0.526. The average molecular weight is 377 g/mol. The van der Waals surface area contributed by atoms with E-state index in [9.17, 15) is 14.0 Å². The predicted molar refractivity (Wildman–Crippen MR) is 96.6 cm³/mol. The van der Waals surface area contributed by atoms with Gasteiger partial charge in [-0.2, -0.15) is 0 Å². The number of benzene rings is 1. The Balaban J connectivity index is 2.06. The van der Waals surface area contributed by atoms with Crippen LogP contribution in [0.25, 0.3) is 0 Å². The number of carbonyl (C=O) groups excluding carboxylic acids is 2. The second-order valence-corrected chi connectivity index (χ2v) is 7.86. The summed E-state index contributed by atoms with van der Waals surface area (Å²) in [6, 6.07) is 6.18. The Morgan fingerprint density at radius 1 is 1.41 bits per heavy atom. The lowest BCUT2D eigenvalue weighted by atomic mass is 9.76. The third-order valence-electron chi connectivity index (χ3n) is 4.72. The van der Waals surface area contributed by atoms with Crippen molar-refractivity contribution in [1.29, 1.82) is 0 Å². The second kappa shape index (κ2) is 6.60. The summed E-state index contributed by atoms with van der Waals surface area (Å²) in [7, 11) is 1.51. The summed E-state index contributed by atoms with van der Waals surface area (Å²) in [4.78, 5) is 31.1. The minimum absolute atomic E-state index is 0.00598. The summed E-state index contributed by atoms with van der Waals surface area (Å²) in [6.45, 7) is 6.99. The van der Waals surface area contributed by atoms with Gasteiger partial charge >= 0.3 is 6.09 Å². The van der Waals surface area contributed by atoms with E-state index < -0.39 is 35.1 Å². The smallest absolute Gasteiger partial charge is 0.414 e. The van der Waals surface area contributed by atoms with Crippen LogP contribution < -0.4 is 5.32 Å². The van der Waals surface area contributed by atoms with Gasteiger partial charge in [0.2, 0.25) is 11.9 Å². The first-order chi connectivity index (χ1) is 12.5. The van der Waals surface area contributed by atoms with Crippen molar-refractivity contribution in [3.63, 3.8) is 0 Å². The summed E-state index contributed by atoms with van der Waals surface area (Å²) in [5.74, 6) is -1.46. The van der Waals surface area contributed by atoms with Gasteiger partial charge in [-0.15, -0.1) is 0 Å². The van der Waals surface area contributed by atoms with Crippen LogP contribution in [0.2, 0.25) is 0 Å². The molecule has 0 saturated carbocycles. The quantitative estimate of drug-likeness (QED) is 0.815. The molecule has 8 heteroatoms. The second-order valence-electron chi connectivity index (χ2n) is 7.86. The molecule has 3 atom stereocenters. The van der Waals surface area contributed by atoms with Crippen LogP contribution in [-0.2, 0) is 19.8 Å². The maximum Gasteiger partial charge on any atom is 0.414 e. The van der Waals surface area contributed by atoms with Crippen molar-refractivity contribution in [2.24, 2.45) is 10.9 Å². The highest BCUT2D eigenvalue weighted by atomic mass is 19.1. The number of nitrogens with zero attached hydrogens (tertiary/aromatic N) is 2. The number of hydrogen-bond donors (Lipinski definition) is 1. The van der Waals surface area contributed by atoms with E-state index in [0.717, 1.165) is 0 Å². The summed E-state index contributed by atoms with van der Waals surface area (Å²) in [6.07, 6.45) is -1.18. The number of aliphatic imine (C=N–C) groups is 1. The molecule has 146 valence electrons. The SMILES string of the molecule is CC1OCC2(c3ccccc3F)N=C(NC(=O)OC(C)(C)C)N(C)C(=O)C12. The van der Waals surface area contributed by atoms with Gasteiger partial charge in [-0.1, -0.05) is 18.2 Å². The van der Waals surface area contributed by atoms with E-state index in [2.05, 4.69) is 10.3 Å². The minimum Gasteiger partial charge on any atom is -0.444 e. The number of fused-ring (bicyclic) bond motifs is 1. The molecule has 2 heterocycles. The first-order valence-corrected chi connectivity index (χ1v) is 8.79. The topological polar surface area (TPSA) is 80.2 Å². The zero-order valence-corrected chi connectivity index (χ0v) is 16.1. The Hall–Kier alpha value is -2.48. The number of rotatable bonds is 1. The number of nitrogens with one attached hydrogen (secondary N) is 1. The third-order valence-corrected chi connectivity index (χ3v) is 4.72. The molecule has 2 amide bonds. The number of carbonyl (C=O) groups is 2. The Morgan fingerprint density at radius 3 is 2.70 bits per heavy atom. The Labute approximate surface area is 157 Å². The molecule has 1 saturated heterocycles. The Bertz CT molecular complexity index is 804. The van der Waals surface area contributed by atoms with E-state index in [1.54, 1.807) is 45.9 Å². The largest absolute Gasteiger partial charge is 0.444 e. The molecule has 3 unspecified atom stereocenters. The van der Waals surface area contributed by atoms with Gasteiger partial charge in [0.15, 0.2) is 0 Å². The van der Waals surface area contributed by atoms with Crippen LogP contribution >= 0.6 is 0 Å². The molecule has 1 N–H and O–H groups in total. The molecule has 0 radical (unpaired) electrons. The molecule has 1 aromatic carbocycles. The van der Waals surface area contributed by atoms with Crippen LogP contribution in [0.15, 0.2) is 29.3 Å². The molecule has 0 spiro atoms. The van der Waals surface area contributed by atoms with Crippen molar-refractivity contribution in [3.05, 3.63) is 35.6 Å². The number of ether oxygens (including phenoxy) is 2. The molecule has 2 aliphatic rings. The summed E-state index contributed by atoms with van der Waals surface area (Å²) in [5.41, 5.74) is -1.68. The lowest BCUT2D eigenvalue weighted by molar-refractivity contribution is -0.134. The van der Waals surface area contributed by atoms with Crippen molar-refractivity contribution < 1.29 is 23.5 Å². The van der Waals surface area contributed by atoms with E-state index in [-0.39, 0.29) is 24.0 Å². The number of hydrogen-bond acceptors (Lipinski definition) is 5. The fourth-order valence-corrected chi connectivity index (χ4v) is 3.54. The van der Waals surface area contributed by atoms with Gasteiger partial charge in [0.05, 0.1) is 18.6 Å². The Morgan fingerprint density at radius 2 is 2.07 bits per heavy atom. The molecular weight excluding hydrogens is 353 g/mol. The molecular formula is C19H24FN3O4. The average Bonchev–Trinajstić information content (AvgIpc) is 2.89. The number of amides is 2. The molecule has 0 bridgehead atoms. The van der Waals surface area contributed by atoms with Gasteiger partial charge in [-0.05, 0) is 33.8 Å². The van der Waals surface area contributed by atoms with E-state index in [0.29, 0.717) is 0 Å². The number of halogens is 1. The molecule has 1 aromatic rings. The van der Waals surface area contributed by atoms with Crippen LogP contribution in [0.4, 0.5) is 9.18 Å². The summed E-state index contributed by atoms with van der Waals surface area (Å²) in [5, 5.41) is 2.51. The number of guanidine groups is 1. The fourth-order valence-electron chi connectivity index (χ4n) is 3.54. The van der Waals surface area contributed by atoms with Crippen LogP contribution in [0.5, 0.6) is 0 Å². The molecule has 0 aliphatic carbocycles. The van der Waals surface area contributed by atoms with Crippen molar-refractivity contribution in [2.75, 3.05) is 13.7 Å². The third kappa shape index (κ3) is 3.41. The lowest BCUT2D eigenvalue weighted by Gasteiger charge is -2.39. The molecule has 1 fully saturated rings. The highest BCUT2D eigenvalue weighted by Crippen LogP contribution is 2.46. The van der Waals surface area contributed by atoms with Crippen LogP contribution in [-0.4, -0.2) is 48.2 Å². The van der Waals surface area contributed by atoms with Gasteiger partial charge in [-0.25, -0.2) is 14.2 Å². The monoisotopic (exact) mass is 377 g/mol. The molecule has 2 aliphatic heterocycles. The van der Waals surface area contributed by atoms with Gasteiger partial charge in [0.1, 0.15) is 17.0 Å². The summed E-state index contributed by atoms with van der Waals surface area (Å²) >= 11 is 0. The molecule has 0 aromatic heterocycles. The normalized spacial score (nSPS) is 27.9. The molecule has 27 heavy (non-hydrogen) atoms. The molecule has 7 nitrogen and oxygen atoms in total. The minimum atomic E-state index is -1.24. The highest BCUT2D eigenvalue weighted by Gasteiger charge is 2.58. The van der Waals surface area contributed by atoms with Gasteiger partial charge in [0.25, 0.3) is 0 Å². The van der Waals surface area contributed by atoms with Crippen LogP contribution in [0.1, 0.15) is 33.3 Å². The summed E-state index contributed by atoms with van der Waals surface area (Å²) < 4.78 is 25.6. The van der Waals surface area contributed by atoms with E-state index in [1.165, 1.54) is 18.0 Å².